The van der Waals surface area contributed by atoms with Gasteiger partial charge < -0.3 is 4.52 Å². The predicted octanol–water partition coefficient (Wildman–Crippen LogP) is 4.14. The predicted molar refractivity (Wildman–Crippen MR) is 109 cm³/mol. The molecule has 1 aliphatic rings. The first-order valence-electron chi connectivity index (χ1n) is 9.63. The molecule has 0 radical (unpaired) electrons. The first-order valence-corrected chi connectivity index (χ1v) is 11.9. The molecule has 9 heteroatoms. The third-order valence-electron chi connectivity index (χ3n) is 5.11. The summed E-state index contributed by atoms with van der Waals surface area (Å²) in [5, 5.41) is 3.88. The molecule has 1 aromatic carbocycles. The van der Waals surface area contributed by atoms with Gasteiger partial charge in [0.2, 0.25) is 11.7 Å². The Morgan fingerprint density at radius 3 is 2.86 bits per heavy atom. The maximum atomic E-state index is 13.9. The van der Waals surface area contributed by atoms with E-state index in [2.05, 4.69) is 10.1 Å². The number of aromatic nitrogens is 2. The van der Waals surface area contributed by atoms with Crippen LogP contribution in [0.1, 0.15) is 30.5 Å². The summed E-state index contributed by atoms with van der Waals surface area (Å²) >= 11 is 1.33. The van der Waals surface area contributed by atoms with E-state index in [1.165, 1.54) is 17.4 Å². The Bertz CT molecular complexity index is 1090. The molecule has 3 aromatic rings. The van der Waals surface area contributed by atoms with Crippen molar-refractivity contribution in [3.63, 3.8) is 0 Å². The summed E-state index contributed by atoms with van der Waals surface area (Å²) in [6.07, 6.45) is 2.96. The number of hydrogen-bond acceptors (Lipinski definition) is 6. The molecule has 1 atom stereocenters. The summed E-state index contributed by atoms with van der Waals surface area (Å²) in [5.74, 6) is 0.288. The van der Waals surface area contributed by atoms with E-state index in [9.17, 15) is 12.8 Å². The molecule has 0 N–H and O–H groups in total. The molecule has 0 spiro atoms. The van der Waals surface area contributed by atoms with E-state index >= 15 is 0 Å². The van der Waals surface area contributed by atoms with Gasteiger partial charge in [0, 0.05) is 24.4 Å². The van der Waals surface area contributed by atoms with Crippen LogP contribution in [0.25, 0.3) is 11.4 Å². The van der Waals surface area contributed by atoms with Crippen molar-refractivity contribution in [2.75, 3.05) is 13.1 Å². The summed E-state index contributed by atoms with van der Waals surface area (Å²) in [6, 6.07) is 9.85. The van der Waals surface area contributed by atoms with Gasteiger partial charge in [-0.25, -0.2) is 12.8 Å². The Morgan fingerprint density at radius 2 is 2.10 bits per heavy atom. The molecule has 0 saturated carbocycles. The lowest BCUT2D eigenvalue weighted by atomic mass is 9.96. The molecule has 1 aliphatic heterocycles. The van der Waals surface area contributed by atoms with Gasteiger partial charge in [0.1, 0.15) is 10.0 Å². The van der Waals surface area contributed by atoms with Crippen molar-refractivity contribution in [1.82, 2.24) is 14.4 Å². The summed E-state index contributed by atoms with van der Waals surface area (Å²) in [4.78, 5) is 5.37. The topological polar surface area (TPSA) is 76.3 Å². The van der Waals surface area contributed by atoms with Gasteiger partial charge in [-0.2, -0.15) is 9.29 Å². The lowest BCUT2D eigenvalue weighted by Crippen LogP contribution is -2.40. The van der Waals surface area contributed by atoms with Crippen LogP contribution in [-0.4, -0.2) is 36.0 Å². The molecule has 1 saturated heterocycles. The van der Waals surface area contributed by atoms with Crippen molar-refractivity contribution in [3.05, 3.63) is 53.0 Å². The van der Waals surface area contributed by atoms with Crippen LogP contribution in [0.3, 0.4) is 0 Å². The summed E-state index contributed by atoms with van der Waals surface area (Å²) < 4.78 is 47.1. The van der Waals surface area contributed by atoms with Crippen molar-refractivity contribution >= 4 is 21.4 Å². The third kappa shape index (κ3) is 4.26. The molecular formula is C20H22FN3O3S2. The van der Waals surface area contributed by atoms with Crippen LogP contribution in [0.4, 0.5) is 4.39 Å². The van der Waals surface area contributed by atoms with Crippen LogP contribution >= 0.6 is 11.3 Å². The van der Waals surface area contributed by atoms with Crippen molar-refractivity contribution in [2.24, 2.45) is 5.92 Å². The van der Waals surface area contributed by atoms with Crippen LogP contribution in [0.2, 0.25) is 0 Å². The summed E-state index contributed by atoms with van der Waals surface area (Å²) in [7, 11) is -3.48. The van der Waals surface area contributed by atoms with Crippen molar-refractivity contribution in [3.8, 4) is 11.4 Å². The molecule has 154 valence electrons. The number of nitrogens with zero attached hydrogens (tertiary/aromatic N) is 3. The number of hydrogen-bond donors (Lipinski definition) is 0. The van der Waals surface area contributed by atoms with E-state index in [-0.39, 0.29) is 11.7 Å². The zero-order valence-corrected chi connectivity index (χ0v) is 17.7. The standard InChI is InChI=1S/C20H22FN3O3S2/c1-2-15-9-10-19(28-15)29(25,26)24-11-5-6-14(13-24)12-18-22-20(23-27-18)16-7-3-4-8-17(16)21/h3-4,7-10,14H,2,5-6,11-13H2,1H3/t14-/m1/s1. The highest BCUT2D eigenvalue weighted by Gasteiger charge is 2.32. The second kappa shape index (κ2) is 8.33. The van der Waals surface area contributed by atoms with E-state index in [1.807, 2.05) is 13.0 Å². The first-order chi connectivity index (χ1) is 14.0. The van der Waals surface area contributed by atoms with E-state index in [0.717, 1.165) is 24.1 Å². The van der Waals surface area contributed by atoms with Gasteiger partial charge in [0.25, 0.3) is 10.0 Å². The first kappa shape index (κ1) is 20.2. The van der Waals surface area contributed by atoms with Crippen LogP contribution < -0.4 is 0 Å². The normalized spacial score (nSPS) is 18.2. The smallest absolute Gasteiger partial charge is 0.252 e. The highest BCUT2D eigenvalue weighted by atomic mass is 32.2. The Balaban J connectivity index is 1.46. The zero-order chi connectivity index (χ0) is 20.4. The van der Waals surface area contributed by atoms with Crippen LogP contribution in [0.5, 0.6) is 0 Å². The highest BCUT2D eigenvalue weighted by Crippen LogP contribution is 2.30. The number of rotatable bonds is 6. The Labute approximate surface area is 173 Å². The highest BCUT2D eigenvalue weighted by molar-refractivity contribution is 7.91. The fourth-order valence-corrected chi connectivity index (χ4v) is 6.57. The number of piperidine rings is 1. The molecule has 3 heterocycles. The van der Waals surface area contributed by atoms with Crippen molar-refractivity contribution < 1.29 is 17.3 Å². The minimum atomic E-state index is -3.48. The van der Waals surface area contributed by atoms with Gasteiger partial charge in [0.15, 0.2) is 0 Å². The minimum absolute atomic E-state index is 0.0815. The molecule has 2 aromatic heterocycles. The molecule has 0 unspecified atom stereocenters. The lowest BCUT2D eigenvalue weighted by Gasteiger charge is -2.30. The maximum Gasteiger partial charge on any atom is 0.252 e. The van der Waals surface area contributed by atoms with Gasteiger partial charge in [-0.1, -0.05) is 24.2 Å². The summed E-state index contributed by atoms with van der Waals surface area (Å²) in [6.45, 7) is 2.95. The number of benzene rings is 1. The minimum Gasteiger partial charge on any atom is -0.339 e. The van der Waals surface area contributed by atoms with Crippen LogP contribution in [0, 0.1) is 11.7 Å². The second-order valence-corrected chi connectivity index (χ2v) is 10.5. The molecule has 1 fully saturated rings. The average Bonchev–Trinajstić information content (AvgIpc) is 3.38. The largest absolute Gasteiger partial charge is 0.339 e. The summed E-state index contributed by atoms with van der Waals surface area (Å²) in [5.41, 5.74) is 0.291. The van der Waals surface area contributed by atoms with Gasteiger partial charge in [-0.3, -0.25) is 0 Å². The Hall–Kier alpha value is -2.10. The number of sulfonamides is 1. The number of thiophene rings is 1. The van der Waals surface area contributed by atoms with Crippen molar-refractivity contribution in [1.29, 1.82) is 0 Å². The SMILES string of the molecule is CCc1ccc(S(=O)(=O)N2CCC[C@H](Cc3nc(-c4ccccc4F)no3)C2)s1. The number of aryl methyl sites for hydroxylation is 1. The lowest BCUT2D eigenvalue weighted by molar-refractivity contribution is 0.247. The fourth-order valence-electron chi connectivity index (χ4n) is 3.56. The van der Waals surface area contributed by atoms with Gasteiger partial charge >= 0.3 is 0 Å². The zero-order valence-electron chi connectivity index (χ0n) is 16.0. The second-order valence-electron chi connectivity index (χ2n) is 7.14. The third-order valence-corrected chi connectivity index (χ3v) is 8.67. The Morgan fingerprint density at radius 1 is 1.28 bits per heavy atom. The van der Waals surface area contributed by atoms with E-state index in [0.29, 0.717) is 35.2 Å². The van der Waals surface area contributed by atoms with Crippen molar-refractivity contribution in [2.45, 2.75) is 36.8 Å². The molecule has 29 heavy (non-hydrogen) atoms. The van der Waals surface area contributed by atoms with E-state index < -0.39 is 15.8 Å². The van der Waals surface area contributed by atoms with Gasteiger partial charge in [0.05, 0.1) is 5.56 Å². The van der Waals surface area contributed by atoms with Gasteiger partial charge in [-0.15, -0.1) is 11.3 Å². The Kier molecular flexibility index (Phi) is 5.80. The molecule has 0 aliphatic carbocycles. The maximum absolute atomic E-state index is 13.9. The molecule has 0 bridgehead atoms. The van der Waals surface area contributed by atoms with Gasteiger partial charge in [-0.05, 0) is 49.4 Å². The van der Waals surface area contributed by atoms with E-state index in [4.69, 9.17) is 4.52 Å². The quantitative estimate of drug-likeness (QED) is 0.582. The van der Waals surface area contributed by atoms with Crippen LogP contribution in [-0.2, 0) is 22.9 Å². The molecule has 0 amide bonds. The monoisotopic (exact) mass is 435 g/mol. The van der Waals surface area contributed by atoms with E-state index in [1.54, 1.807) is 28.6 Å². The number of halogens is 1. The fraction of sp³-hybridized carbons (Fsp3) is 0.400. The van der Waals surface area contributed by atoms with Crippen LogP contribution in [0.15, 0.2) is 45.1 Å². The average molecular weight is 436 g/mol. The molecule has 4 rings (SSSR count). The molecular weight excluding hydrogens is 413 g/mol. The molecule has 6 nitrogen and oxygen atoms in total.